The van der Waals surface area contributed by atoms with E-state index in [2.05, 4.69) is 10.6 Å². The van der Waals surface area contributed by atoms with E-state index < -0.39 is 5.25 Å². The zero-order valence-corrected chi connectivity index (χ0v) is 23.0. The largest absolute Gasteiger partial charge is 0.326 e. The molecule has 38 heavy (non-hydrogen) atoms. The molecule has 0 saturated heterocycles. The lowest BCUT2D eigenvalue weighted by Gasteiger charge is -2.15. The van der Waals surface area contributed by atoms with Crippen molar-refractivity contribution in [3.63, 3.8) is 0 Å². The maximum Gasteiger partial charge on any atom is 0.295 e. The number of benzene rings is 3. The van der Waals surface area contributed by atoms with Gasteiger partial charge in [0.05, 0.1) is 23.1 Å². The first-order valence-electron chi connectivity index (χ1n) is 12.2. The van der Waals surface area contributed by atoms with E-state index in [1.807, 2.05) is 73.7 Å². The Hall–Kier alpha value is -3.75. The zero-order valence-electron chi connectivity index (χ0n) is 21.4. The van der Waals surface area contributed by atoms with Crippen LogP contribution in [0.1, 0.15) is 24.6 Å². The van der Waals surface area contributed by atoms with Crippen molar-refractivity contribution >= 4 is 46.6 Å². The van der Waals surface area contributed by atoms with Crippen LogP contribution < -0.4 is 16.2 Å². The maximum atomic E-state index is 13.2. The Kier molecular flexibility index (Phi) is 8.76. The third-order valence-corrected chi connectivity index (χ3v) is 7.75. The molecule has 0 radical (unpaired) electrons. The molecule has 1 aromatic heterocycles. The molecule has 4 rings (SSSR count). The Morgan fingerprint density at radius 3 is 2.37 bits per heavy atom. The first kappa shape index (κ1) is 27.3. The van der Waals surface area contributed by atoms with Gasteiger partial charge in [0.15, 0.2) is 0 Å². The van der Waals surface area contributed by atoms with Gasteiger partial charge in [-0.05, 0) is 61.4 Å². The summed E-state index contributed by atoms with van der Waals surface area (Å²) >= 11 is 7.30. The van der Waals surface area contributed by atoms with Gasteiger partial charge in [-0.1, -0.05) is 54.9 Å². The van der Waals surface area contributed by atoms with Crippen LogP contribution in [-0.2, 0) is 23.1 Å². The number of amides is 2. The standard InChI is InChI=1S/C29H29ClN4O3S/c1-4-25(28(36)32-27-19(2)33(3)34(29(27)37)23-10-6-5-7-11-23)38-24-12-8-9-22(18-24)31-26(35)17-20-13-15-21(30)16-14-20/h5-16,18,25H,4,17H2,1-3H3,(H,31,35)(H,32,36). The third-order valence-electron chi connectivity index (χ3n) is 6.14. The van der Waals surface area contributed by atoms with Crippen LogP contribution in [-0.4, -0.2) is 26.4 Å². The number of anilines is 2. The molecule has 9 heteroatoms. The second kappa shape index (κ2) is 12.2. The smallest absolute Gasteiger partial charge is 0.295 e. The molecule has 0 aliphatic heterocycles. The van der Waals surface area contributed by atoms with Crippen molar-refractivity contribution < 1.29 is 9.59 Å². The fraction of sp³-hybridized carbons (Fsp3) is 0.207. The zero-order chi connectivity index (χ0) is 27.2. The summed E-state index contributed by atoms with van der Waals surface area (Å²) in [6.07, 6.45) is 0.786. The van der Waals surface area contributed by atoms with Crippen LogP contribution in [0.4, 0.5) is 11.4 Å². The Bertz CT molecular complexity index is 1500. The summed E-state index contributed by atoms with van der Waals surface area (Å²) in [6.45, 7) is 3.73. The van der Waals surface area contributed by atoms with Crippen molar-refractivity contribution in [1.82, 2.24) is 9.36 Å². The number of carbonyl (C=O) groups is 2. The van der Waals surface area contributed by atoms with Crippen molar-refractivity contribution in [3.8, 4) is 5.69 Å². The lowest BCUT2D eigenvalue weighted by atomic mass is 10.1. The first-order chi connectivity index (χ1) is 18.3. The number of nitrogens with zero attached hydrogens (tertiary/aromatic N) is 2. The van der Waals surface area contributed by atoms with Crippen LogP contribution >= 0.6 is 23.4 Å². The second-order valence-electron chi connectivity index (χ2n) is 8.82. The number of halogens is 1. The minimum absolute atomic E-state index is 0.145. The molecule has 2 amide bonds. The molecular weight excluding hydrogens is 520 g/mol. The van der Waals surface area contributed by atoms with Crippen LogP contribution in [0.15, 0.2) is 88.6 Å². The molecule has 196 valence electrons. The molecule has 3 aromatic carbocycles. The highest BCUT2D eigenvalue weighted by atomic mass is 35.5. The van der Waals surface area contributed by atoms with E-state index in [0.29, 0.717) is 22.8 Å². The first-order valence-corrected chi connectivity index (χ1v) is 13.5. The van der Waals surface area contributed by atoms with Gasteiger partial charge < -0.3 is 10.6 Å². The lowest BCUT2D eigenvalue weighted by Crippen LogP contribution is -2.28. The van der Waals surface area contributed by atoms with E-state index in [1.54, 1.807) is 30.8 Å². The summed E-state index contributed by atoms with van der Waals surface area (Å²) in [5, 5.41) is 5.97. The van der Waals surface area contributed by atoms with E-state index in [1.165, 1.54) is 16.4 Å². The average molecular weight is 549 g/mol. The summed E-state index contributed by atoms with van der Waals surface area (Å²) in [6, 6.07) is 23.8. The minimum atomic E-state index is -0.431. The van der Waals surface area contributed by atoms with Gasteiger partial charge in [0.2, 0.25) is 11.8 Å². The highest BCUT2D eigenvalue weighted by Gasteiger charge is 2.23. The van der Waals surface area contributed by atoms with E-state index in [4.69, 9.17) is 11.6 Å². The summed E-state index contributed by atoms with van der Waals surface area (Å²) in [5.74, 6) is -0.394. The highest BCUT2D eigenvalue weighted by molar-refractivity contribution is 8.00. The Balaban J connectivity index is 1.44. The fourth-order valence-corrected chi connectivity index (χ4v) is 5.18. The number of para-hydroxylation sites is 1. The molecular formula is C29H29ClN4O3S. The Labute approximate surface area is 230 Å². The van der Waals surface area contributed by atoms with Crippen LogP contribution in [0, 0.1) is 6.92 Å². The minimum Gasteiger partial charge on any atom is -0.326 e. The highest BCUT2D eigenvalue weighted by Crippen LogP contribution is 2.29. The normalized spacial score (nSPS) is 11.7. The van der Waals surface area contributed by atoms with Crippen LogP contribution in [0.25, 0.3) is 5.69 Å². The van der Waals surface area contributed by atoms with E-state index in [9.17, 15) is 14.4 Å². The molecule has 0 spiro atoms. The van der Waals surface area contributed by atoms with Crippen LogP contribution in [0.2, 0.25) is 5.02 Å². The monoisotopic (exact) mass is 548 g/mol. The van der Waals surface area contributed by atoms with Crippen molar-refractivity contribution in [3.05, 3.63) is 105 Å². The number of thioether (sulfide) groups is 1. The summed E-state index contributed by atoms with van der Waals surface area (Å²) < 4.78 is 3.27. The Morgan fingerprint density at radius 2 is 1.68 bits per heavy atom. The van der Waals surface area contributed by atoms with E-state index >= 15 is 0 Å². The van der Waals surface area contributed by atoms with Gasteiger partial charge in [0.25, 0.3) is 5.56 Å². The van der Waals surface area contributed by atoms with Gasteiger partial charge in [-0.15, -0.1) is 11.8 Å². The molecule has 0 bridgehead atoms. The van der Waals surface area contributed by atoms with Crippen molar-refractivity contribution in [2.24, 2.45) is 7.05 Å². The van der Waals surface area contributed by atoms with Crippen LogP contribution in [0.3, 0.4) is 0 Å². The topological polar surface area (TPSA) is 85.1 Å². The van der Waals surface area contributed by atoms with Crippen LogP contribution in [0.5, 0.6) is 0 Å². The van der Waals surface area contributed by atoms with E-state index in [-0.39, 0.29) is 29.5 Å². The van der Waals surface area contributed by atoms with Gasteiger partial charge in [0.1, 0.15) is 5.69 Å². The maximum absolute atomic E-state index is 13.2. The van der Waals surface area contributed by atoms with Gasteiger partial charge in [-0.25, -0.2) is 4.68 Å². The number of hydrogen-bond acceptors (Lipinski definition) is 4. The molecule has 1 unspecified atom stereocenters. The summed E-state index contributed by atoms with van der Waals surface area (Å²) in [5.41, 5.74) is 2.88. The number of rotatable bonds is 9. The lowest BCUT2D eigenvalue weighted by molar-refractivity contribution is -0.116. The molecule has 0 aliphatic carbocycles. The molecule has 0 aliphatic rings. The van der Waals surface area contributed by atoms with Gasteiger partial charge in [0, 0.05) is 22.7 Å². The van der Waals surface area contributed by atoms with E-state index in [0.717, 1.165) is 16.1 Å². The SMILES string of the molecule is CCC(Sc1cccc(NC(=O)Cc2ccc(Cl)cc2)c1)C(=O)Nc1c(C)n(C)n(-c2ccccc2)c1=O. The molecule has 1 heterocycles. The molecule has 4 aromatic rings. The quantitative estimate of drug-likeness (QED) is 0.258. The molecule has 1 atom stereocenters. The molecule has 7 nitrogen and oxygen atoms in total. The second-order valence-corrected chi connectivity index (χ2v) is 10.5. The average Bonchev–Trinajstić information content (AvgIpc) is 3.12. The summed E-state index contributed by atoms with van der Waals surface area (Å²) in [7, 11) is 1.79. The molecule has 0 fully saturated rings. The van der Waals surface area contributed by atoms with Gasteiger partial charge in [-0.3, -0.25) is 19.1 Å². The predicted octanol–water partition coefficient (Wildman–Crippen LogP) is 5.83. The van der Waals surface area contributed by atoms with Gasteiger partial charge >= 0.3 is 0 Å². The summed E-state index contributed by atoms with van der Waals surface area (Å²) in [4.78, 5) is 39.8. The van der Waals surface area contributed by atoms with Gasteiger partial charge in [-0.2, -0.15) is 0 Å². The molecule has 2 N–H and O–H groups in total. The fourth-order valence-electron chi connectivity index (χ4n) is 4.04. The van der Waals surface area contributed by atoms with Crippen molar-refractivity contribution in [1.29, 1.82) is 0 Å². The van der Waals surface area contributed by atoms with Crippen molar-refractivity contribution in [2.45, 2.75) is 36.8 Å². The Morgan fingerprint density at radius 1 is 0.974 bits per heavy atom. The number of hydrogen-bond donors (Lipinski definition) is 2. The number of carbonyl (C=O) groups excluding carboxylic acids is 2. The van der Waals surface area contributed by atoms with Crippen molar-refractivity contribution in [2.75, 3.05) is 10.6 Å². The third kappa shape index (κ3) is 6.38. The molecule has 0 saturated carbocycles. The number of aromatic nitrogens is 2. The predicted molar refractivity (Wildman–Crippen MR) is 155 cm³/mol. The number of nitrogens with one attached hydrogen (secondary N) is 2.